The Hall–Kier alpha value is -4.95. The van der Waals surface area contributed by atoms with Crippen molar-refractivity contribution in [3.8, 4) is 22.9 Å². The normalized spacial score (nSPS) is 21.9. The molecule has 2 aliphatic rings. The summed E-state index contributed by atoms with van der Waals surface area (Å²) in [5.41, 5.74) is 1.08. The first-order valence-electron chi connectivity index (χ1n) is 17.6. The van der Waals surface area contributed by atoms with Gasteiger partial charge < -0.3 is 9.72 Å². The first kappa shape index (κ1) is 36.4. The number of aromatic nitrogens is 4. The average molecular weight is 746 g/mol. The first-order valence-corrected chi connectivity index (χ1v) is 19.4. The predicted molar refractivity (Wildman–Crippen MR) is 193 cm³/mol. The smallest absolute Gasteiger partial charge is 0.257 e. The van der Waals surface area contributed by atoms with E-state index in [1.807, 2.05) is 45.0 Å². The van der Waals surface area contributed by atoms with Gasteiger partial charge in [-0.1, -0.05) is 44.5 Å². The first-order chi connectivity index (χ1) is 25.0. The number of ether oxygens (including phenoxy) is 1. The Morgan fingerprint density at radius 2 is 1.83 bits per heavy atom. The maximum Gasteiger partial charge on any atom is 0.257 e. The molecular formula is C39H41F2N5O6S. The Morgan fingerprint density at radius 3 is 2.58 bits per heavy atom. The van der Waals surface area contributed by atoms with Gasteiger partial charge in [0.15, 0.2) is 33.1 Å². The van der Waals surface area contributed by atoms with Crippen LogP contribution in [0.5, 0.6) is 11.5 Å². The molecule has 11 nitrogen and oxygen atoms in total. The van der Waals surface area contributed by atoms with E-state index in [0.717, 1.165) is 11.1 Å². The van der Waals surface area contributed by atoms with Gasteiger partial charge in [-0.2, -0.15) is 10.2 Å². The third-order valence-electron chi connectivity index (χ3n) is 10.6. The summed E-state index contributed by atoms with van der Waals surface area (Å²) in [6.07, 6.45) is 3.42. The van der Waals surface area contributed by atoms with Gasteiger partial charge in [0, 0.05) is 42.2 Å². The number of hydrogen-bond donors (Lipinski definition) is 2. The number of rotatable bonds is 3. The largest absolute Gasteiger partial charge is 0.454 e. The number of carbonyl (C=O) groups excluding carboxylic acids is 2. The van der Waals surface area contributed by atoms with E-state index in [2.05, 4.69) is 4.98 Å². The molecule has 2 N–H and O–H groups in total. The molecule has 2 aliphatic heterocycles. The van der Waals surface area contributed by atoms with E-state index in [1.165, 1.54) is 28.9 Å². The monoisotopic (exact) mass is 745 g/mol. The lowest BCUT2D eigenvalue weighted by atomic mass is 9.75. The number of imide groups is 1. The second kappa shape index (κ2) is 13.5. The molecule has 5 aromatic rings. The van der Waals surface area contributed by atoms with E-state index in [1.54, 1.807) is 19.3 Å². The molecule has 4 heterocycles. The fourth-order valence-electron chi connectivity index (χ4n) is 7.76. The molecule has 4 bridgehead atoms. The van der Waals surface area contributed by atoms with Crippen LogP contribution in [0.25, 0.3) is 22.3 Å². The van der Waals surface area contributed by atoms with E-state index in [-0.39, 0.29) is 58.7 Å². The van der Waals surface area contributed by atoms with Crippen molar-refractivity contribution in [2.24, 2.45) is 18.4 Å². The zero-order valence-corrected chi connectivity index (χ0v) is 30.8. The number of sulfone groups is 1. The van der Waals surface area contributed by atoms with Gasteiger partial charge in [0.1, 0.15) is 11.6 Å². The molecule has 3 aromatic carbocycles. The second-order valence-electron chi connectivity index (χ2n) is 15.3. The van der Waals surface area contributed by atoms with Gasteiger partial charge in [0.05, 0.1) is 28.4 Å². The summed E-state index contributed by atoms with van der Waals surface area (Å²) in [5, 5.41) is 15.4. The molecule has 14 heteroatoms. The molecule has 0 saturated carbocycles. The van der Waals surface area contributed by atoms with Crippen molar-refractivity contribution in [2.45, 2.75) is 64.7 Å². The number of carbonyl (C=O) groups is 2. The van der Waals surface area contributed by atoms with Crippen LogP contribution < -0.4 is 4.74 Å². The highest BCUT2D eigenvalue weighted by atomic mass is 32.2. The Balaban J connectivity index is 1.33. The SMILES string of the molecule is Cn1nc2nc1-c1cc(ccc1F)Oc1c(F)cc3[nH]ccc3c1CCS(=O)(=O)CC(C)(C)CCCC2(C)c1cccc(C[C@@H]2CC(=O)N(O)C2=O)c1. The molecule has 7 rings (SSSR count). The lowest BCUT2D eigenvalue weighted by Gasteiger charge is -2.31. The Bertz CT molecular complexity index is 2370. The topological polar surface area (TPSA) is 147 Å². The number of aryl methyl sites for hydroxylation is 2. The molecule has 1 fully saturated rings. The van der Waals surface area contributed by atoms with Crippen molar-refractivity contribution in [2.75, 3.05) is 11.5 Å². The van der Waals surface area contributed by atoms with Crippen molar-refractivity contribution < 1.29 is 36.7 Å². The molecule has 1 unspecified atom stereocenters. The molecule has 0 radical (unpaired) electrons. The Morgan fingerprint density at radius 1 is 1.04 bits per heavy atom. The van der Waals surface area contributed by atoms with E-state index >= 15 is 8.78 Å². The quantitative estimate of drug-likeness (QED) is 0.151. The predicted octanol–water partition coefficient (Wildman–Crippen LogP) is 6.81. The van der Waals surface area contributed by atoms with Gasteiger partial charge in [-0.15, -0.1) is 0 Å². The minimum absolute atomic E-state index is 0.00587. The number of benzene rings is 3. The van der Waals surface area contributed by atoms with Gasteiger partial charge in [-0.25, -0.2) is 26.9 Å². The molecule has 2 atom stereocenters. The number of aromatic amines is 1. The van der Waals surface area contributed by atoms with Crippen molar-refractivity contribution in [3.63, 3.8) is 0 Å². The summed E-state index contributed by atoms with van der Waals surface area (Å²) in [4.78, 5) is 32.4. The van der Waals surface area contributed by atoms with Gasteiger partial charge >= 0.3 is 0 Å². The summed E-state index contributed by atoms with van der Waals surface area (Å²) < 4.78 is 66.3. The zero-order valence-electron chi connectivity index (χ0n) is 29.9. The average Bonchev–Trinajstić information content (AvgIpc) is 3.79. The number of halogens is 2. The molecule has 53 heavy (non-hydrogen) atoms. The van der Waals surface area contributed by atoms with E-state index < -0.39 is 50.0 Å². The Labute approximate surface area is 305 Å². The van der Waals surface area contributed by atoms with Gasteiger partial charge in [0.25, 0.3) is 11.8 Å². The van der Waals surface area contributed by atoms with Gasteiger partial charge in [0.2, 0.25) is 0 Å². The lowest BCUT2D eigenvalue weighted by molar-refractivity contribution is -0.172. The molecule has 2 aromatic heterocycles. The molecule has 2 amide bonds. The van der Waals surface area contributed by atoms with Crippen molar-refractivity contribution in [1.29, 1.82) is 0 Å². The molecule has 0 spiro atoms. The third kappa shape index (κ3) is 7.09. The molecular weight excluding hydrogens is 705 g/mol. The van der Waals surface area contributed by atoms with Crippen LogP contribution in [0.4, 0.5) is 8.78 Å². The number of amides is 2. The number of fused-ring (bicyclic) bond motifs is 8. The van der Waals surface area contributed by atoms with Gasteiger partial charge in [-0.05, 0) is 73.4 Å². The summed E-state index contributed by atoms with van der Waals surface area (Å²) in [6, 6.07) is 14.6. The molecule has 0 aliphatic carbocycles. The fraction of sp³-hybridized carbons (Fsp3) is 0.385. The van der Waals surface area contributed by atoms with E-state index in [4.69, 9.17) is 14.8 Å². The summed E-state index contributed by atoms with van der Waals surface area (Å²) in [7, 11) is -1.97. The van der Waals surface area contributed by atoms with Crippen LogP contribution in [0.15, 0.2) is 60.8 Å². The number of hydrogen-bond acceptors (Lipinski definition) is 8. The Kier molecular flexibility index (Phi) is 9.26. The minimum Gasteiger partial charge on any atom is -0.454 e. The summed E-state index contributed by atoms with van der Waals surface area (Å²) in [5.74, 6) is -2.98. The minimum atomic E-state index is -3.62. The van der Waals surface area contributed by atoms with Crippen LogP contribution in [-0.4, -0.2) is 61.8 Å². The van der Waals surface area contributed by atoms with E-state index in [9.17, 15) is 23.2 Å². The number of H-pyrrole nitrogens is 1. The van der Waals surface area contributed by atoms with Crippen LogP contribution in [0.3, 0.4) is 0 Å². The number of hydroxylamine groups is 2. The van der Waals surface area contributed by atoms with Crippen LogP contribution >= 0.6 is 0 Å². The van der Waals surface area contributed by atoms with Crippen molar-refractivity contribution >= 4 is 32.6 Å². The summed E-state index contributed by atoms with van der Waals surface area (Å²) >= 11 is 0. The van der Waals surface area contributed by atoms with Crippen molar-refractivity contribution in [1.82, 2.24) is 24.8 Å². The van der Waals surface area contributed by atoms with Gasteiger partial charge in [-0.3, -0.25) is 14.8 Å². The maximum atomic E-state index is 15.7. The summed E-state index contributed by atoms with van der Waals surface area (Å²) in [6.45, 7) is 5.81. The fourth-order valence-corrected chi connectivity index (χ4v) is 9.76. The van der Waals surface area contributed by atoms with Crippen LogP contribution in [0, 0.1) is 23.0 Å². The van der Waals surface area contributed by atoms with Crippen LogP contribution in [0.1, 0.15) is 69.0 Å². The van der Waals surface area contributed by atoms with Crippen LogP contribution in [0.2, 0.25) is 0 Å². The second-order valence-corrected chi connectivity index (χ2v) is 17.5. The number of nitrogens with zero attached hydrogens (tertiary/aromatic N) is 4. The number of nitrogens with one attached hydrogen (secondary N) is 1. The third-order valence-corrected chi connectivity index (χ3v) is 12.6. The van der Waals surface area contributed by atoms with Crippen LogP contribution in [-0.2, 0) is 44.7 Å². The zero-order chi connectivity index (χ0) is 37.9. The highest BCUT2D eigenvalue weighted by Crippen LogP contribution is 2.41. The highest BCUT2D eigenvalue weighted by molar-refractivity contribution is 7.91. The maximum absolute atomic E-state index is 15.7. The highest BCUT2D eigenvalue weighted by Gasteiger charge is 2.39. The standard InChI is InChI=1S/C39H41F2N5O6S/c1-38(2)13-6-14-39(3,25-8-5-7-23(18-25)17-24-19-33(47)46(49)36(24)48)37-43-35(45(4)44-37)29-20-26(9-10-30(29)40)52-34-28(12-16-53(50,51)22-38)27-11-15-42-32(27)21-31(34)41/h5,7-11,15,18,20-21,24,42,49H,6,12-14,16-17,19,22H2,1-4H3/t24-,39?/m1/s1. The molecule has 1 saturated heterocycles. The van der Waals surface area contributed by atoms with Crippen molar-refractivity contribution in [3.05, 3.63) is 94.9 Å². The van der Waals surface area contributed by atoms with E-state index in [0.29, 0.717) is 41.6 Å². The lowest BCUT2D eigenvalue weighted by Crippen LogP contribution is -2.29. The molecule has 278 valence electrons.